The van der Waals surface area contributed by atoms with Gasteiger partial charge in [0.1, 0.15) is 11.4 Å². The maximum atomic E-state index is 12.6. The molecule has 25 heavy (non-hydrogen) atoms. The third kappa shape index (κ3) is 3.75. The number of hydrogen-bond acceptors (Lipinski definition) is 5. The molecule has 138 valence electrons. The van der Waals surface area contributed by atoms with Crippen LogP contribution >= 0.6 is 0 Å². The van der Waals surface area contributed by atoms with E-state index in [-0.39, 0.29) is 18.2 Å². The first-order valence-electron chi connectivity index (χ1n) is 8.68. The Kier molecular flexibility index (Phi) is 4.68. The van der Waals surface area contributed by atoms with Crippen molar-refractivity contribution >= 4 is 6.09 Å². The average Bonchev–Trinajstić information content (AvgIpc) is 2.52. The van der Waals surface area contributed by atoms with Crippen molar-refractivity contribution in [2.45, 2.75) is 56.9 Å². The lowest BCUT2D eigenvalue weighted by Gasteiger charge is -2.51. The maximum absolute atomic E-state index is 12.6. The number of piperidine rings is 1. The van der Waals surface area contributed by atoms with Crippen LogP contribution in [0.1, 0.15) is 39.2 Å². The van der Waals surface area contributed by atoms with E-state index in [9.17, 15) is 9.90 Å². The Morgan fingerprint density at radius 3 is 2.48 bits per heavy atom. The molecule has 2 saturated heterocycles. The van der Waals surface area contributed by atoms with E-state index in [1.165, 1.54) is 0 Å². The number of rotatable bonds is 2. The molecule has 2 bridgehead atoms. The van der Waals surface area contributed by atoms with Crippen molar-refractivity contribution in [3.63, 3.8) is 0 Å². The van der Waals surface area contributed by atoms with Crippen LogP contribution in [0, 0.1) is 0 Å². The third-order valence-corrected chi connectivity index (χ3v) is 4.77. The second kappa shape index (κ2) is 6.50. The fraction of sp³-hybridized carbons (Fsp3) is 0.632. The van der Waals surface area contributed by atoms with Crippen molar-refractivity contribution < 1.29 is 24.1 Å². The summed E-state index contributed by atoms with van der Waals surface area (Å²) in [5.41, 5.74) is -0.744. The van der Waals surface area contributed by atoms with Gasteiger partial charge in [-0.1, -0.05) is 12.1 Å². The number of ether oxygens (including phenoxy) is 3. The van der Waals surface area contributed by atoms with Gasteiger partial charge in [-0.3, -0.25) is 4.90 Å². The minimum atomic E-state index is -1.01. The van der Waals surface area contributed by atoms with Gasteiger partial charge in [-0.05, 0) is 38.5 Å². The molecule has 0 saturated carbocycles. The fourth-order valence-corrected chi connectivity index (χ4v) is 3.74. The fourth-order valence-electron chi connectivity index (χ4n) is 3.74. The number of amides is 1. The van der Waals surface area contributed by atoms with E-state index in [0.717, 1.165) is 5.56 Å². The summed E-state index contributed by atoms with van der Waals surface area (Å²) in [6, 6.07) is 7.07. The first-order valence-corrected chi connectivity index (χ1v) is 8.68. The van der Waals surface area contributed by atoms with Gasteiger partial charge >= 0.3 is 6.09 Å². The number of aliphatic hydroxyl groups is 1. The standard InChI is InChI=1S/C19H27NO5/c1-18(2,3)25-17(21)20-14-9-19(22,10-15(20)12-24-11-14)13-6-5-7-16(8-13)23-4/h5-8,14-15,22H,9-12H2,1-4H3. The Morgan fingerprint density at radius 2 is 1.92 bits per heavy atom. The van der Waals surface area contributed by atoms with Gasteiger partial charge < -0.3 is 19.3 Å². The molecule has 6 heteroatoms. The average molecular weight is 349 g/mol. The molecule has 0 aliphatic carbocycles. The van der Waals surface area contributed by atoms with Crippen molar-refractivity contribution in [2.24, 2.45) is 0 Å². The number of benzene rings is 1. The lowest BCUT2D eigenvalue weighted by molar-refractivity contribution is -0.141. The van der Waals surface area contributed by atoms with Crippen molar-refractivity contribution in [3.8, 4) is 5.75 Å². The minimum absolute atomic E-state index is 0.210. The second-order valence-corrected chi connectivity index (χ2v) is 7.90. The first-order chi connectivity index (χ1) is 11.7. The Labute approximate surface area is 148 Å². The lowest BCUT2D eigenvalue weighted by Crippen LogP contribution is -2.63. The summed E-state index contributed by atoms with van der Waals surface area (Å²) < 4.78 is 16.5. The van der Waals surface area contributed by atoms with Gasteiger partial charge in [0.25, 0.3) is 0 Å². The quantitative estimate of drug-likeness (QED) is 0.889. The summed E-state index contributed by atoms with van der Waals surface area (Å²) in [6.07, 6.45) is 0.490. The summed E-state index contributed by atoms with van der Waals surface area (Å²) in [4.78, 5) is 14.4. The van der Waals surface area contributed by atoms with E-state index in [1.807, 2.05) is 45.0 Å². The Bertz CT molecular complexity index is 625. The molecule has 0 aromatic heterocycles. The van der Waals surface area contributed by atoms with Crippen LogP contribution in [0.15, 0.2) is 24.3 Å². The monoisotopic (exact) mass is 349 g/mol. The number of hydrogen-bond donors (Lipinski definition) is 1. The smallest absolute Gasteiger partial charge is 0.410 e. The van der Waals surface area contributed by atoms with Crippen LogP contribution in [0.2, 0.25) is 0 Å². The van der Waals surface area contributed by atoms with E-state index in [1.54, 1.807) is 12.0 Å². The molecule has 2 fully saturated rings. The number of methoxy groups -OCH3 is 1. The number of fused-ring (bicyclic) bond motifs is 2. The molecule has 0 radical (unpaired) electrons. The Hall–Kier alpha value is -1.79. The summed E-state index contributed by atoms with van der Waals surface area (Å²) in [7, 11) is 1.61. The molecule has 2 atom stereocenters. The van der Waals surface area contributed by atoms with Crippen LogP contribution in [0.25, 0.3) is 0 Å². The topological polar surface area (TPSA) is 68.2 Å². The largest absolute Gasteiger partial charge is 0.497 e. The second-order valence-electron chi connectivity index (χ2n) is 7.90. The van der Waals surface area contributed by atoms with E-state index in [4.69, 9.17) is 14.2 Å². The first kappa shape index (κ1) is 18.0. The van der Waals surface area contributed by atoms with Crippen LogP contribution < -0.4 is 4.74 Å². The number of carbonyl (C=O) groups is 1. The highest BCUT2D eigenvalue weighted by Crippen LogP contribution is 2.42. The number of nitrogens with zero attached hydrogens (tertiary/aromatic N) is 1. The molecular formula is C19H27NO5. The van der Waals surface area contributed by atoms with Gasteiger partial charge in [-0.25, -0.2) is 4.79 Å². The van der Waals surface area contributed by atoms with Gasteiger partial charge in [0.05, 0.1) is 38.0 Å². The van der Waals surface area contributed by atoms with Gasteiger partial charge in [0, 0.05) is 12.8 Å². The molecule has 1 aromatic rings. The van der Waals surface area contributed by atoms with Gasteiger partial charge in [-0.15, -0.1) is 0 Å². The highest BCUT2D eigenvalue weighted by molar-refractivity contribution is 5.69. The summed E-state index contributed by atoms with van der Waals surface area (Å²) in [5.74, 6) is 0.710. The molecule has 3 rings (SSSR count). The number of morpholine rings is 1. The molecular weight excluding hydrogens is 322 g/mol. The van der Waals surface area contributed by atoms with E-state index in [2.05, 4.69) is 0 Å². The predicted molar refractivity (Wildman–Crippen MR) is 92.6 cm³/mol. The van der Waals surface area contributed by atoms with Gasteiger partial charge in [0.2, 0.25) is 0 Å². The maximum Gasteiger partial charge on any atom is 0.410 e. The lowest BCUT2D eigenvalue weighted by atomic mass is 9.77. The normalized spacial score (nSPS) is 29.2. The van der Waals surface area contributed by atoms with Crippen LogP contribution in [0.5, 0.6) is 5.75 Å². The molecule has 1 N–H and O–H groups in total. The van der Waals surface area contributed by atoms with E-state index in [0.29, 0.717) is 31.8 Å². The van der Waals surface area contributed by atoms with E-state index >= 15 is 0 Å². The summed E-state index contributed by atoms with van der Waals surface area (Å²) in [6.45, 7) is 6.37. The van der Waals surface area contributed by atoms with Crippen LogP contribution in [-0.2, 0) is 15.1 Å². The van der Waals surface area contributed by atoms with Crippen molar-refractivity contribution in [1.82, 2.24) is 4.90 Å². The summed E-state index contributed by atoms with van der Waals surface area (Å²) in [5, 5.41) is 11.3. The highest BCUT2D eigenvalue weighted by Gasteiger charge is 2.49. The third-order valence-electron chi connectivity index (χ3n) is 4.77. The Balaban J connectivity index is 1.84. The minimum Gasteiger partial charge on any atom is -0.497 e. The van der Waals surface area contributed by atoms with Crippen LogP contribution in [-0.4, -0.2) is 54.1 Å². The van der Waals surface area contributed by atoms with Crippen molar-refractivity contribution in [3.05, 3.63) is 29.8 Å². The highest BCUT2D eigenvalue weighted by atomic mass is 16.6. The van der Waals surface area contributed by atoms with E-state index < -0.39 is 11.2 Å². The zero-order valence-electron chi connectivity index (χ0n) is 15.3. The van der Waals surface area contributed by atoms with Crippen molar-refractivity contribution in [1.29, 1.82) is 0 Å². The molecule has 0 spiro atoms. The number of carbonyl (C=O) groups excluding carboxylic acids is 1. The molecule has 2 aliphatic heterocycles. The van der Waals surface area contributed by atoms with Crippen molar-refractivity contribution in [2.75, 3.05) is 20.3 Å². The SMILES string of the molecule is COc1cccc(C2(O)CC3COCC(C2)N3C(=O)OC(C)(C)C)c1. The zero-order chi connectivity index (χ0) is 18.2. The molecule has 6 nitrogen and oxygen atoms in total. The molecule has 2 heterocycles. The van der Waals surface area contributed by atoms with Crippen LogP contribution in [0.4, 0.5) is 4.79 Å². The van der Waals surface area contributed by atoms with Gasteiger partial charge in [-0.2, -0.15) is 0 Å². The molecule has 1 amide bonds. The zero-order valence-corrected chi connectivity index (χ0v) is 15.3. The Morgan fingerprint density at radius 1 is 1.28 bits per heavy atom. The predicted octanol–water partition coefficient (Wildman–Crippen LogP) is 2.68. The van der Waals surface area contributed by atoms with Crippen LogP contribution in [0.3, 0.4) is 0 Å². The molecule has 2 aliphatic rings. The summed E-state index contributed by atoms with van der Waals surface area (Å²) >= 11 is 0. The molecule has 2 unspecified atom stereocenters. The molecule has 1 aromatic carbocycles. The van der Waals surface area contributed by atoms with Gasteiger partial charge in [0.15, 0.2) is 0 Å².